The third kappa shape index (κ3) is 2.08. The monoisotopic (exact) mass is 247 g/mol. The zero-order chi connectivity index (χ0) is 12.4. The second-order valence-corrected chi connectivity index (χ2v) is 4.36. The fourth-order valence-electron chi connectivity index (χ4n) is 2.30. The second-order valence-electron chi connectivity index (χ2n) is 4.36. The Hall–Kier alpha value is -1.91. The van der Waals surface area contributed by atoms with E-state index < -0.39 is 0 Å². The van der Waals surface area contributed by atoms with Gasteiger partial charge in [-0.15, -0.1) is 0 Å². The van der Waals surface area contributed by atoms with Crippen LogP contribution in [-0.2, 0) is 4.74 Å². The van der Waals surface area contributed by atoms with Crippen LogP contribution in [0, 0.1) is 0 Å². The molecule has 0 amide bonds. The van der Waals surface area contributed by atoms with Crippen molar-refractivity contribution in [2.24, 2.45) is 5.11 Å². The third-order valence-electron chi connectivity index (χ3n) is 3.24. The summed E-state index contributed by atoms with van der Waals surface area (Å²) in [5.41, 5.74) is 9.52. The molecular formula is C12H13N3O3. The number of nitrogens with zero attached hydrogens (tertiary/aromatic N) is 3. The minimum atomic E-state index is -0.0382. The predicted molar refractivity (Wildman–Crippen MR) is 63.4 cm³/mol. The summed E-state index contributed by atoms with van der Waals surface area (Å²) in [5.74, 6) is 1.52. The first-order valence-corrected chi connectivity index (χ1v) is 5.92. The van der Waals surface area contributed by atoms with Crippen molar-refractivity contribution in [3.63, 3.8) is 0 Å². The molecule has 2 unspecified atom stereocenters. The van der Waals surface area contributed by atoms with E-state index in [0.717, 1.165) is 23.5 Å². The molecule has 1 aromatic rings. The molecule has 2 aliphatic rings. The normalized spacial score (nSPS) is 25.6. The van der Waals surface area contributed by atoms with Crippen molar-refractivity contribution in [2.75, 3.05) is 13.4 Å². The third-order valence-corrected chi connectivity index (χ3v) is 3.24. The summed E-state index contributed by atoms with van der Waals surface area (Å²) in [6, 6.07) is 5.81. The van der Waals surface area contributed by atoms with Gasteiger partial charge in [-0.2, -0.15) is 0 Å². The summed E-state index contributed by atoms with van der Waals surface area (Å²) in [7, 11) is 0. The van der Waals surface area contributed by atoms with Gasteiger partial charge in [0, 0.05) is 17.6 Å². The van der Waals surface area contributed by atoms with Crippen molar-refractivity contribution in [1.29, 1.82) is 0 Å². The first kappa shape index (κ1) is 11.2. The van der Waals surface area contributed by atoms with E-state index >= 15 is 0 Å². The largest absolute Gasteiger partial charge is 0.454 e. The number of azide groups is 1. The molecule has 2 aliphatic heterocycles. The van der Waals surface area contributed by atoms with Crippen molar-refractivity contribution < 1.29 is 14.2 Å². The molecule has 18 heavy (non-hydrogen) atoms. The maximum absolute atomic E-state index is 8.48. The Bertz CT molecular complexity index is 499. The highest BCUT2D eigenvalue weighted by molar-refractivity contribution is 5.45. The van der Waals surface area contributed by atoms with E-state index in [0.29, 0.717) is 13.0 Å². The van der Waals surface area contributed by atoms with E-state index in [-0.39, 0.29) is 18.9 Å². The average Bonchev–Trinajstić information content (AvgIpc) is 2.86. The van der Waals surface area contributed by atoms with Crippen molar-refractivity contribution >= 4 is 0 Å². The lowest BCUT2D eigenvalue weighted by molar-refractivity contribution is 0.00666. The van der Waals surface area contributed by atoms with E-state index in [4.69, 9.17) is 19.7 Å². The van der Waals surface area contributed by atoms with E-state index in [1.165, 1.54) is 0 Å². The molecule has 0 spiro atoms. The molecule has 0 aliphatic carbocycles. The van der Waals surface area contributed by atoms with Crippen LogP contribution in [0.3, 0.4) is 0 Å². The minimum Gasteiger partial charge on any atom is -0.454 e. The van der Waals surface area contributed by atoms with Crippen molar-refractivity contribution in [3.05, 3.63) is 34.2 Å². The van der Waals surface area contributed by atoms with Crippen LogP contribution in [0.4, 0.5) is 0 Å². The molecule has 0 bridgehead atoms. The van der Waals surface area contributed by atoms with Gasteiger partial charge < -0.3 is 14.2 Å². The molecule has 3 rings (SSSR count). The van der Waals surface area contributed by atoms with Gasteiger partial charge in [-0.3, -0.25) is 0 Å². The Morgan fingerprint density at radius 1 is 1.28 bits per heavy atom. The standard InChI is InChI=1S/C12H13N3O3/c13-15-14-9-3-4-16-11(6-9)8-1-2-10-12(5-8)18-7-17-10/h1-2,5,9,11H,3-4,6-7H2. The fourth-order valence-corrected chi connectivity index (χ4v) is 2.30. The van der Waals surface area contributed by atoms with Crippen LogP contribution >= 0.6 is 0 Å². The van der Waals surface area contributed by atoms with E-state index in [2.05, 4.69) is 10.0 Å². The minimum absolute atomic E-state index is 0.0131. The lowest BCUT2D eigenvalue weighted by atomic mass is 9.98. The maximum Gasteiger partial charge on any atom is 0.231 e. The number of benzene rings is 1. The van der Waals surface area contributed by atoms with Gasteiger partial charge in [0.1, 0.15) is 0 Å². The molecule has 6 heteroatoms. The maximum atomic E-state index is 8.48. The number of ether oxygens (including phenoxy) is 3. The highest BCUT2D eigenvalue weighted by atomic mass is 16.7. The van der Waals surface area contributed by atoms with Gasteiger partial charge in [-0.25, -0.2) is 0 Å². The predicted octanol–water partition coefficient (Wildman–Crippen LogP) is 2.95. The molecule has 2 heterocycles. The average molecular weight is 247 g/mol. The summed E-state index contributed by atoms with van der Waals surface area (Å²) >= 11 is 0. The molecule has 1 aromatic carbocycles. The Morgan fingerprint density at radius 3 is 3.06 bits per heavy atom. The highest BCUT2D eigenvalue weighted by Crippen LogP contribution is 2.37. The lowest BCUT2D eigenvalue weighted by Crippen LogP contribution is -2.22. The molecule has 0 N–H and O–H groups in total. The Kier molecular flexibility index (Phi) is 2.96. The SMILES string of the molecule is [N-]=[N+]=NC1CCOC(c2ccc3c(c2)OCO3)C1. The van der Waals surface area contributed by atoms with E-state index in [1.54, 1.807) is 0 Å². The summed E-state index contributed by atoms with van der Waals surface area (Å²) in [4.78, 5) is 2.87. The quantitative estimate of drug-likeness (QED) is 0.458. The summed E-state index contributed by atoms with van der Waals surface area (Å²) in [6.45, 7) is 0.883. The molecular weight excluding hydrogens is 234 g/mol. The molecule has 94 valence electrons. The van der Waals surface area contributed by atoms with Gasteiger partial charge in [0.2, 0.25) is 6.79 Å². The topological polar surface area (TPSA) is 76.5 Å². The van der Waals surface area contributed by atoms with Gasteiger partial charge >= 0.3 is 0 Å². The molecule has 6 nitrogen and oxygen atoms in total. The smallest absolute Gasteiger partial charge is 0.231 e. The molecule has 0 radical (unpaired) electrons. The summed E-state index contributed by atoms with van der Waals surface area (Å²) < 4.78 is 16.3. The van der Waals surface area contributed by atoms with Crippen LogP contribution in [0.25, 0.3) is 10.4 Å². The zero-order valence-electron chi connectivity index (χ0n) is 9.78. The zero-order valence-corrected chi connectivity index (χ0v) is 9.78. The second kappa shape index (κ2) is 4.76. The molecule has 1 saturated heterocycles. The van der Waals surface area contributed by atoms with Gasteiger partial charge in [0.05, 0.1) is 6.10 Å². The van der Waals surface area contributed by atoms with E-state index in [1.807, 2.05) is 18.2 Å². The van der Waals surface area contributed by atoms with E-state index in [9.17, 15) is 0 Å². The number of rotatable bonds is 2. The van der Waals surface area contributed by atoms with Crippen LogP contribution in [0.1, 0.15) is 24.5 Å². The molecule has 2 atom stereocenters. The van der Waals surface area contributed by atoms with Crippen LogP contribution in [0.2, 0.25) is 0 Å². The van der Waals surface area contributed by atoms with Gasteiger partial charge in [-0.05, 0) is 36.1 Å². The van der Waals surface area contributed by atoms with Crippen LogP contribution in [0.15, 0.2) is 23.3 Å². The van der Waals surface area contributed by atoms with Crippen molar-refractivity contribution in [1.82, 2.24) is 0 Å². The Morgan fingerprint density at radius 2 is 2.17 bits per heavy atom. The Labute approximate surface area is 104 Å². The molecule has 0 aromatic heterocycles. The lowest BCUT2D eigenvalue weighted by Gasteiger charge is -2.27. The number of hydrogen-bond acceptors (Lipinski definition) is 4. The number of hydrogen-bond donors (Lipinski definition) is 0. The van der Waals surface area contributed by atoms with Gasteiger partial charge in [-0.1, -0.05) is 11.2 Å². The van der Waals surface area contributed by atoms with Crippen LogP contribution < -0.4 is 9.47 Å². The number of fused-ring (bicyclic) bond motifs is 1. The Balaban J connectivity index is 1.79. The first-order valence-electron chi connectivity index (χ1n) is 5.92. The van der Waals surface area contributed by atoms with Crippen molar-refractivity contribution in [2.45, 2.75) is 25.0 Å². The molecule has 1 fully saturated rings. The van der Waals surface area contributed by atoms with Gasteiger partial charge in [0.15, 0.2) is 11.5 Å². The molecule has 0 saturated carbocycles. The van der Waals surface area contributed by atoms with Gasteiger partial charge in [0.25, 0.3) is 0 Å². The first-order chi connectivity index (χ1) is 8.86. The highest BCUT2D eigenvalue weighted by Gasteiger charge is 2.25. The van der Waals surface area contributed by atoms with Crippen LogP contribution in [0.5, 0.6) is 11.5 Å². The van der Waals surface area contributed by atoms with Crippen LogP contribution in [-0.4, -0.2) is 19.4 Å². The summed E-state index contributed by atoms with van der Waals surface area (Å²) in [5, 5.41) is 3.78. The van der Waals surface area contributed by atoms with Crippen molar-refractivity contribution in [3.8, 4) is 11.5 Å². The summed E-state index contributed by atoms with van der Waals surface area (Å²) in [6.07, 6.45) is 1.46. The fraction of sp³-hybridized carbons (Fsp3) is 0.500.